The van der Waals surface area contributed by atoms with Gasteiger partial charge in [-0.2, -0.15) is 17.6 Å². The fourth-order valence-corrected chi connectivity index (χ4v) is 8.35. The Balaban J connectivity index is 1.72. The third kappa shape index (κ3) is 11.1. The van der Waals surface area contributed by atoms with Crippen LogP contribution in [-0.4, -0.2) is 41.1 Å². The van der Waals surface area contributed by atoms with E-state index in [-0.39, 0.29) is 22.9 Å². The molecule has 18 heteroatoms. The van der Waals surface area contributed by atoms with E-state index in [0.29, 0.717) is 16.7 Å². The Hall–Kier alpha value is -4.01. The summed E-state index contributed by atoms with van der Waals surface area (Å²) in [6.45, 7) is 6.55. The molecule has 0 radical (unpaired) electrons. The van der Waals surface area contributed by atoms with Gasteiger partial charge in [0, 0.05) is 21.2 Å². The van der Waals surface area contributed by atoms with Crippen molar-refractivity contribution >= 4 is 48.8 Å². The number of benzene rings is 4. The summed E-state index contributed by atoms with van der Waals surface area (Å²) in [6.07, 6.45) is -0.328. The van der Waals surface area contributed by atoms with Crippen LogP contribution in [0.3, 0.4) is 0 Å². The van der Waals surface area contributed by atoms with E-state index in [4.69, 9.17) is 9.47 Å². The second-order valence-electron chi connectivity index (χ2n) is 16.0. The fraction of sp³-hybridized carbons (Fsp3) is 0.357. The molecule has 0 aliphatic heterocycles. The van der Waals surface area contributed by atoms with E-state index in [1.54, 1.807) is 60.7 Å². The van der Waals surface area contributed by atoms with Crippen LogP contribution < -0.4 is 0 Å². The van der Waals surface area contributed by atoms with Crippen LogP contribution in [0.5, 0.6) is 0 Å². The van der Waals surface area contributed by atoms with Gasteiger partial charge in [-0.3, -0.25) is 32.6 Å². The molecule has 4 rings (SSSR count). The number of ketones is 1. The number of rotatable bonds is 17. The Morgan fingerprint density at radius 2 is 1.03 bits per heavy atom. The van der Waals surface area contributed by atoms with Crippen LogP contribution in [0.25, 0.3) is 0 Å². The first-order valence-electron chi connectivity index (χ1n) is 18.2. The van der Waals surface area contributed by atoms with Crippen molar-refractivity contribution in [3.05, 3.63) is 141 Å². The molecule has 3 unspecified atom stereocenters. The zero-order chi connectivity index (χ0) is 45.0. The van der Waals surface area contributed by atoms with Crippen LogP contribution in [0.1, 0.15) is 79.7 Å². The van der Waals surface area contributed by atoms with E-state index >= 15 is 17.6 Å². The maximum absolute atomic E-state index is 15.7. The van der Waals surface area contributed by atoms with E-state index in [0.717, 1.165) is 18.2 Å². The monoisotopic (exact) mass is 942 g/mol. The Labute approximate surface area is 353 Å². The molecule has 2 N–H and O–H groups in total. The summed E-state index contributed by atoms with van der Waals surface area (Å²) in [6, 6.07) is 24.3. The maximum Gasteiger partial charge on any atom is 0.404 e. The molecule has 0 bridgehead atoms. The molecule has 4 aromatic carbocycles. The summed E-state index contributed by atoms with van der Waals surface area (Å²) in [5, 5.41) is 0. The second kappa shape index (κ2) is 18.5. The van der Waals surface area contributed by atoms with E-state index in [9.17, 15) is 33.3 Å². The van der Waals surface area contributed by atoms with Crippen molar-refractivity contribution in [3.63, 3.8) is 0 Å². The molecule has 324 valence electrons. The number of Topliss-reactive ketones (excluding diaryl/α,β-unsaturated/α-hetero) is 1. The van der Waals surface area contributed by atoms with Crippen LogP contribution in [0.2, 0.25) is 0 Å². The molecular weight excluding hydrogens is 898 g/mol. The van der Waals surface area contributed by atoms with Gasteiger partial charge in [-0.25, -0.2) is 0 Å². The lowest BCUT2D eigenvalue weighted by molar-refractivity contribution is -0.161. The molecular formula is C42H45BrF4O11P2. The number of alkyl halides is 4. The van der Waals surface area contributed by atoms with Crippen LogP contribution in [-0.2, 0) is 66.8 Å². The van der Waals surface area contributed by atoms with E-state index in [1.807, 2.05) is 0 Å². The minimum atomic E-state index is -5.81. The highest BCUT2D eigenvalue weighted by Gasteiger charge is 2.55. The topological polar surface area (TPSA) is 163 Å². The summed E-state index contributed by atoms with van der Waals surface area (Å²) >= 11 is 3.09. The molecule has 11 nitrogen and oxygen atoms in total. The lowest BCUT2D eigenvalue weighted by Gasteiger charge is -2.34. The lowest BCUT2D eigenvalue weighted by atomic mass is 9.67. The molecule has 0 spiro atoms. The van der Waals surface area contributed by atoms with Gasteiger partial charge >= 0.3 is 38.5 Å². The molecule has 4 aromatic rings. The smallest absolute Gasteiger partial charge is 0.404 e. The molecule has 0 heterocycles. The number of carbonyl (C=O) groups excluding carboxylic acids is 3. The zero-order valence-electron chi connectivity index (χ0n) is 33.5. The number of esters is 2. The second-order valence-corrected chi connectivity index (χ2v) is 20.6. The summed E-state index contributed by atoms with van der Waals surface area (Å²) in [4.78, 5) is 59.4. The average Bonchev–Trinajstić information content (AvgIpc) is 3.17. The Morgan fingerprint density at radius 1 is 0.600 bits per heavy atom. The Kier molecular flexibility index (Phi) is 15.0. The fourth-order valence-electron chi connectivity index (χ4n) is 5.83. The van der Waals surface area contributed by atoms with E-state index < -0.39 is 85.2 Å². The van der Waals surface area contributed by atoms with E-state index in [2.05, 4.69) is 25.0 Å². The van der Waals surface area contributed by atoms with Crippen molar-refractivity contribution in [2.75, 3.05) is 13.6 Å². The van der Waals surface area contributed by atoms with Gasteiger partial charge in [-0.15, -0.1) is 0 Å². The van der Waals surface area contributed by atoms with Gasteiger partial charge in [-0.1, -0.05) is 113 Å². The largest absolute Gasteiger partial charge is 0.438 e. The SMILES string of the molecule is CC(C)(C)C(=O)OCOP(=O)(O)C(F)(F)c1ccc(CC(Cc2ccc(C(F)(F)P(=O)(O)OCOC(=O)C(C)(C)C)c(Br)c2)(C(=O)c2ccccc2)c2ccccc2)cc1. The summed E-state index contributed by atoms with van der Waals surface area (Å²) < 4.78 is 106. The van der Waals surface area contributed by atoms with Crippen molar-refractivity contribution in [2.24, 2.45) is 10.8 Å². The number of ether oxygens (including phenoxy) is 2. The van der Waals surface area contributed by atoms with Gasteiger partial charge < -0.3 is 19.3 Å². The van der Waals surface area contributed by atoms with Crippen molar-refractivity contribution in [1.82, 2.24) is 0 Å². The normalized spacial score (nSPS) is 15.6. The first kappa shape index (κ1) is 48.7. The lowest BCUT2D eigenvalue weighted by Crippen LogP contribution is -2.40. The van der Waals surface area contributed by atoms with E-state index in [1.165, 1.54) is 65.8 Å². The Morgan fingerprint density at radius 3 is 1.50 bits per heavy atom. The number of carbonyl (C=O) groups is 3. The van der Waals surface area contributed by atoms with Crippen molar-refractivity contribution in [1.29, 1.82) is 0 Å². The molecule has 3 atom stereocenters. The van der Waals surface area contributed by atoms with Crippen molar-refractivity contribution in [3.8, 4) is 0 Å². The molecule has 0 fully saturated rings. The third-order valence-electron chi connectivity index (χ3n) is 9.24. The van der Waals surface area contributed by atoms with Gasteiger partial charge in [0.1, 0.15) is 0 Å². The van der Waals surface area contributed by atoms with Crippen LogP contribution in [0.4, 0.5) is 17.6 Å². The molecule has 0 aromatic heterocycles. The highest BCUT2D eigenvalue weighted by molar-refractivity contribution is 9.10. The molecule has 60 heavy (non-hydrogen) atoms. The van der Waals surface area contributed by atoms with Crippen LogP contribution >= 0.6 is 31.1 Å². The molecule has 0 aliphatic carbocycles. The van der Waals surface area contributed by atoms with Crippen molar-refractivity contribution in [2.45, 2.75) is 71.1 Å². The Bertz CT molecular complexity index is 2260. The van der Waals surface area contributed by atoms with Crippen LogP contribution in [0, 0.1) is 10.8 Å². The van der Waals surface area contributed by atoms with Crippen molar-refractivity contribution < 1.29 is 69.4 Å². The van der Waals surface area contributed by atoms with Crippen LogP contribution in [0.15, 0.2) is 108 Å². The maximum atomic E-state index is 15.7. The van der Waals surface area contributed by atoms with Gasteiger partial charge in [0.05, 0.1) is 16.2 Å². The number of hydrogen-bond acceptors (Lipinski definition) is 9. The predicted molar refractivity (Wildman–Crippen MR) is 217 cm³/mol. The summed E-state index contributed by atoms with van der Waals surface area (Å²) in [5.41, 5.74) is -13.0. The van der Waals surface area contributed by atoms with Gasteiger partial charge in [0.15, 0.2) is 5.78 Å². The van der Waals surface area contributed by atoms with Gasteiger partial charge in [0.25, 0.3) is 0 Å². The summed E-state index contributed by atoms with van der Waals surface area (Å²) in [5.74, 6) is -2.12. The first-order chi connectivity index (χ1) is 27.7. The molecule has 0 aliphatic rings. The number of halogens is 5. The van der Waals surface area contributed by atoms with Gasteiger partial charge in [-0.05, 0) is 77.1 Å². The zero-order valence-corrected chi connectivity index (χ0v) is 36.9. The summed E-state index contributed by atoms with van der Waals surface area (Å²) in [7, 11) is -11.6. The molecule has 0 amide bonds. The third-order valence-corrected chi connectivity index (χ3v) is 12.7. The van der Waals surface area contributed by atoms with Gasteiger partial charge in [0.2, 0.25) is 13.6 Å². The predicted octanol–water partition coefficient (Wildman–Crippen LogP) is 10.7. The molecule has 0 saturated carbocycles. The minimum Gasteiger partial charge on any atom is -0.438 e. The minimum absolute atomic E-state index is 0.158. The number of hydrogen-bond donors (Lipinski definition) is 2. The quantitative estimate of drug-likeness (QED) is 0.0341. The average molecular weight is 944 g/mol. The molecule has 0 saturated heterocycles. The highest BCUT2D eigenvalue weighted by atomic mass is 79.9. The highest BCUT2D eigenvalue weighted by Crippen LogP contribution is 2.65. The standard InChI is InChI=1S/C42H45BrF4O11P2/c1-38(2,3)36(49)55-26-57-59(51,52)41(44,45)32-20-17-28(18-21-32)24-40(31-15-11-8-12-16-31,35(48)30-13-9-7-10-14-30)25-29-19-22-33(34(43)23-29)42(46,47)60(53,54)58-27-56-37(50)39(4,5)6/h7-23H,24-27H2,1-6H3,(H,51,52)(H,53,54). The first-order valence-corrected chi connectivity index (χ1v) is 22.2.